The fraction of sp³-hybridized carbons (Fsp3) is 0.583. The Morgan fingerprint density at radius 1 is 0.884 bits per heavy atom. The van der Waals surface area contributed by atoms with Gasteiger partial charge < -0.3 is 15.2 Å². The molecule has 3 aliphatic rings. The molecule has 2 N–H and O–H groups in total. The summed E-state index contributed by atoms with van der Waals surface area (Å²) in [7, 11) is 1.31. The number of anilines is 1. The molecule has 0 saturated heterocycles. The van der Waals surface area contributed by atoms with Gasteiger partial charge in [0.05, 0.1) is 13.0 Å². The van der Waals surface area contributed by atoms with Crippen LogP contribution < -0.4 is 10.2 Å². The molecule has 2 unspecified atom stereocenters. The van der Waals surface area contributed by atoms with Crippen LogP contribution in [0.2, 0.25) is 0 Å². The largest absolute Gasteiger partial charge is 0.481 e. The molecular weight excluding hydrogens is 540 g/mol. The van der Waals surface area contributed by atoms with Gasteiger partial charge >= 0.3 is 11.9 Å². The van der Waals surface area contributed by atoms with E-state index in [-0.39, 0.29) is 18.7 Å². The summed E-state index contributed by atoms with van der Waals surface area (Å²) in [6.45, 7) is 1.98. The van der Waals surface area contributed by atoms with Crippen molar-refractivity contribution >= 4 is 23.5 Å². The number of aliphatic carboxylic acids is 1. The molecule has 2 aromatic rings. The Morgan fingerprint density at radius 3 is 2.09 bits per heavy atom. The Hall–Kier alpha value is -3.19. The molecule has 43 heavy (non-hydrogen) atoms. The lowest BCUT2D eigenvalue weighted by molar-refractivity contribution is -0.144. The van der Waals surface area contributed by atoms with E-state index < -0.39 is 23.9 Å². The van der Waals surface area contributed by atoms with Gasteiger partial charge in [-0.1, -0.05) is 87.9 Å². The lowest BCUT2D eigenvalue weighted by Gasteiger charge is -2.35. The van der Waals surface area contributed by atoms with Crippen molar-refractivity contribution < 1.29 is 24.2 Å². The molecule has 2 fully saturated rings. The lowest BCUT2D eigenvalue weighted by atomic mass is 9.89. The second-order valence-corrected chi connectivity index (χ2v) is 12.3. The van der Waals surface area contributed by atoms with Crippen LogP contribution in [0.3, 0.4) is 0 Å². The highest BCUT2D eigenvalue weighted by Gasteiger charge is 2.36. The second-order valence-electron chi connectivity index (χ2n) is 12.3. The van der Waals surface area contributed by atoms with Crippen LogP contribution in [0.5, 0.6) is 0 Å². The summed E-state index contributed by atoms with van der Waals surface area (Å²) in [6.07, 6.45) is 16.6. The number of carboxylic acid groups (broad SMARTS) is 1. The smallest absolute Gasteiger partial charge is 0.328 e. The Bertz CT molecular complexity index is 1190. The zero-order valence-electron chi connectivity index (χ0n) is 26.1. The van der Waals surface area contributed by atoms with E-state index in [4.69, 9.17) is 4.74 Å². The Labute approximate surface area is 257 Å². The number of carbonyl (C=O) groups is 3. The summed E-state index contributed by atoms with van der Waals surface area (Å²) in [6, 6.07) is 16.0. The van der Waals surface area contributed by atoms with Crippen LogP contribution in [-0.4, -0.2) is 48.2 Å². The molecule has 7 nitrogen and oxygen atoms in total. The second kappa shape index (κ2) is 16.6. The van der Waals surface area contributed by atoms with Crippen LogP contribution in [0, 0.1) is 0 Å². The molecule has 1 amide bonds. The maximum Gasteiger partial charge on any atom is 0.328 e. The minimum atomic E-state index is -0.952. The van der Waals surface area contributed by atoms with Crippen molar-refractivity contribution in [1.82, 2.24) is 5.32 Å². The van der Waals surface area contributed by atoms with Crippen LogP contribution >= 0.6 is 0 Å². The van der Waals surface area contributed by atoms with Crippen molar-refractivity contribution in [2.75, 3.05) is 12.0 Å². The maximum atomic E-state index is 13.2. The summed E-state index contributed by atoms with van der Waals surface area (Å²) >= 11 is 0. The topological polar surface area (TPSA) is 95.9 Å². The molecular formula is C36H50N2O5. The zero-order valence-corrected chi connectivity index (χ0v) is 26.1. The fourth-order valence-electron chi connectivity index (χ4n) is 7.08. The molecule has 0 radical (unpaired) electrons. The Morgan fingerprint density at radius 2 is 1.49 bits per heavy atom. The number of rotatable bonds is 9. The zero-order chi connectivity index (χ0) is 30.6. The van der Waals surface area contributed by atoms with Crippen LogP contribution in [0.1, 0.15) is 113 Å². The van der Waals surface area contributed by atoms with Gasteiger partial charge in [0.25, 0.3) is 0 Å². The van der Waals surface area contributed by atoms with Crippen molar-refractivity contribution in [3.63, 3.8) is 0 Å². The number of carboxylic acids is 1. The minimum absolute atomic E-state index is 0.0246. The molecule has 234 valence electrons. The third-order valence-electron chi connectivity index (χ3n) is 9.43. The van der Waals surface area contributed by atoms with Gasteiger partial charge in [-0.25, -0.2) is 4.79 Å². The van der Waals surface area contributed by atoms with Crippen LogP contribution in [0.25, 0.3) is 0 Å². The molecule has 2 atom stereocenters. The number of aryl methyl sites for hydroxylation is 2. The first-order valence-corrected chi connectivity index (χ1v) is 16.5. The Kier molecular flexibility index (Phi) is 12.6. The molecule has 5 rings (SSSR count). The minimum Gasteiger partial charge on any atom is -0.481 e. The number of benzene rings is 2. The molecule has 2 aromatic carbocycles. The van der Waals surface area contributed by atoms with Crippen LogP contribution in [0.15, 0.2) is 48.5 Å². The number of esters is 1. The number of nitrogens with zero attached hydrogens (tertiary/aromatic N) is 1. The number of amides is 1. The quantitative estimate of drug-likeness (QED) is 0.307. The Balaban J connectivity index is 0.000000269. The number of fused-ring (bicyclic) bond motifs is 1. The number of methoxy groups -OCH3 is 1. The molecule has 1 aliphatic heterocycles. The van der Waals surface area contributed by atoms with Gasteiger partial charge in [0.1, 0.15) is 6.04 Å². The lowest BCUT2D eigenvalue weighted by Crippen LogP contribution is -2.48. The van der Waals surface area contributed by atoms with Gasteiger partial charge in [0, 0.05) is 24.2 Å². The van der Waals surface area contributed by atoms with Crippen molar-refractivity contribution in [3.05, 3.63) is 65.2 Å². The van der Waals surface area contributed by atoms with Crippen LogP contribution in [0.4, 0.5) is 5.69 Å². The first-order valence-electron chi connectivity index (χ1n) is 16.5. The highest BCUT2D eigenvalue weighted by molar-refractivity contribution is 6.01. The third kappa shape index (κ3) is 8.91. The first kappa shape index (κ1) is 32.7. The molecule has 2 aliphatic carbocycles. The SMILES string of the molecule is C1CCC(NC2CCCCC2)CC1.CCc1ccccc1C(CCC(=O)N1c2ccccc2CCC1C(=O)OC)C(=O)O. The predicted molar refractivity (Wildman–Crippen MR) is 170 cm³/mol. The summed E-state index contributed by atoms with van der Waals surface area (Å²) in [5.41, 5.74) is 3.40. The molecule has 1 heterocycles. The molecule has 2 saturated carbocycles. The normalized spacial score (nSPS) is 19.9. The number of ether oxygens (including phenoxy) is 1. The highest BCUT2D eigenvalue weighted by atomic mass is 16.5. The van der Waals surface area contributed by atoms with E-state index >= 15 is 0 Å². The summed E-state index contributed by atoms with van der Waals surface area (Å²) < 4.78 is 4.92. The van der Waals surface area contributed by atoms with E-state index in [1.54, 1.807) is 0 Å². The molecule has 0 aromatic heterocycles. The third-order valence-corrected chi connectivity index (χ3v) is 9.43. The standard InChI is InChI=1S/C24H27NO5.C12H23N/c1-3-16-8-4-6-10-18(16)19(23(27)28)13-15-22(26)25-20-11-7-5-9-17(20)12-14-21(25)24(29)30-2;1-3-7-11(8-4-1)13-12-9-5-2-6-10-12/h4-11,19,21H,3,12-15H2,1-2H3,(H,27,28);11-13H,1-10H2. The molecule has 0 spiro atoms. The summed E-state index contributed by atoms with van der Waals surface area (Å²) in [5.74, 6) is -2.45. The van der Waals surface area contributed by atoms with Gasteiger partial charge in [-0.05, 0) is 74.1 Å². The number of hydrogen-bond acceptors (Lipinski definition) is 5. The van der Waals surface area contributed by atoms with Gasteiger partial charge in [0.15, 0.2) is 0 Å². The van der Waals surface area contributed by atoms with Crippen molar-refractivity contribution in [2.45, 2.75) is 127 Å². The summed E-state index contributed by atoms with van der Waals surface area (Å²) in [4.78, 5) is 39.0. The number of carbonyl (C=O) groups excluding carboxylic acids is 2. The van der Waals surface area contributed by atoms with E-state index in [1.807, 2.05) is 55.5 Å². The molecule has 7 heteroatoms. The van der Waals surface area contributed by atoms with Crippen molar-refractivity contribution in [3.8, 4) is 0 Å². The fourth-order valence-corrected chi connectivity index (χ4v) is 7.08. The van der Waals surface area contributed by atoms with Crippen molar-refractivity contribution in [2.24, 2.45) is 0 Å². The monoisotopic (exact) mass is 590 g/mol. The van der Waals surface area contributed by atoms with E-state index in [1.165, 1.54) is 76.2 Å². The van der Waals surface area contributed by atoms with E-state index in [0.717, 1.165) is 35.2 Å². The van der Waals surface area contributed by atoms with Gasteiger partial charge in [-0.3, -0.25) is 14.5 Å². The van der Waals surface area contributed by atoms with E-state index in [0.29, 0.717) is 18.5 Å². The average molecular weight is 591 g/mol. The maximum absolute atomic E-state index is 13.2. The number of para-hydroxylation sites is 1. The van der Waals surface area contributed by atoms with Crippen LogP contribution in [-0.2, 0) is 32.0 Å². The summed E-state index contributed by atoms with van der Waals surface area (Å²) in [5, 5.41) is 13.7. The van der Waals surface area contributed by atoms with Gasteiger partial charge in [-0.2, -0.15) is 0 Å². The van der Waals surface area contributed by atoms with Crippen molar-refractivity contribution in [1.29, 1.82) is 0 Å². The van der Waals surface area contributed by atoms with Gasteiger partial charge in [0.2, 0.25) is 5.91 Å². The molecule has 0 bridgehead atoms. The number of nitrogens with one attached hydrogen (secondary N) is 1. The predicted octanol–water partition coefficient (Wildman–Crippen LogP) is 6.96. The first-order chi connectivity index (χ1) is 20.9. The van der Waals surface area contributed by atoms with E-state index in [2.05, 4.69) is 5.32 Å². The number of hydrogen-bond donors (Lipinski definition) is 2. The van der Waals surface area contributed by atoms with Gasteiger partial charge in [-0.15, -0.1) is 0 Å². The average Bonchev–Trinajstić information content (AvgIpc) is 3.05. The highest BCUT2D eigenvalue weighted by Crippen LogP contribution is 2.33. The van der Waals surface area contributed by atoms with E-state index in [9.17, 15) is 19.5 Å².